The number of benzene rings is 1. The van der Waals surface area contributed by atoms with Gasteiger partial charge in [-0.1, -0.05) is 13.0 Å². The number of aromatic nitrogens is 1. The highest BCUT2D eigenvalue weighted by molar-refractivity contribution is 5.86. The van der Waals surface area contributed by atoms with Crippen LogP contribution in [0.15, 0.2) is 18.2 Å². The molecule has 1 heterocycles. The molecule has 2 rings (SSSR count). The van der Waals surface area contributed by atoms with Crippen molar-refractivity contribution >= 4 is 17.2 Å². The fourth-order valence-electron chi connectivity index (χ4n) is 2.36. The standard InChI is InChI=1S/C15H19NO/c1-10(7-8-17)13-5-6-15-14(9-13)11(2)12(3)16(15)4/h5-6,8-10H,7H2,1-4H3. The number of nitrogens with zero attached hydrogens (tertiary/aromatic N) is 1. The van der Waals surface area contributed by atoms with E-state index in [2.05, 4.69) is 50.6 Å². The molecule has 2 nitrogen and oxygen atoms in total. The minimum atomic E-state index is 0.303. The number of aldehydes is 1. The normalized spacial score (nSPS) is 12.9. The van der Waals surface area contributed by atoms with Crippen molar-refractivity contribution in [3.8, 4) is 0 Å². The molecule has 2 aromatic rings. The maximum absolute atomic E-state index is 10.6. The van der Waals surface area contributed by atoms with Crippen molar-refractivity contribution in [2.45, 2.75) is 33.1 Å². The summed E-state index contributed by atoms with van der Waals surface area (Å²) < 4.78 is 2.22. The Morgan fingerprint density at radius 2 is 2.06 bits per heavy atom. The lowest BCUT2D eigenvalue weighted by atomic mass is 9.96. The van der Waals surface area contributed by atoms with Crippen molar-refractivity contribution in [1.82, 2.24) is 4.57 Å². The molecule has 2 heteroatoms. The van der Waals surface area contributed by atoms with Crippen LogP contribution in [-0.4, -0.2) is 10.9 Å². The highest BCUT2D eigenvalue weighted by atomic mass is 16.1. The fourth-order valence-corrected chi connectivity index (χ4v) is 2.36. The zero-order chi connectivity index (χ0) is 12.6. The summed E-state index contributed by atoms with van der Waals surface area (Å²) >= 11 is 0. The van der Waals surface area contributed by atoms with Crippen LogP contribution in [0.25, 0.3) is 10.9 Å². The molecule has 17 heavy (non-hydrogen) atoms. The van der Waals surface area contributed by atoms with Crippen molar-refractivity contribution in [3.63, 3.8) is 0 Å². The molecule has 1 atom stereocenters. The Balaban J connectivity index is 2.57. The van der Waals surface area contributed by atoms with Gasteiger partial charge in [0.2, 0.25) is 0 Å². The zero-order valence-electron chi connectivity index (χ0n) is 10.9. The summed E-state index contributed by atoms with van der Waals surface area (Å²) in [7, 11) is 2.10. The lowest BCUT2D eigenvalue weighted by Crippen LogP contribution is -1.94. The number of rotatable bonds is 3. The predicted molar refractivity (Wildman–Crippen MR) is 71.5 cm³/mol. The second-order valence-electron chi connectivity index (χ2n) is 4.85. The highest BCUT2D eigenvalue weighted by Gasteiger charge is 2.11. The molecule has 0 spiro atoms. The quantitative estimate of drug-likeness (QED) is 0.738. The summed E-state index contributed by atoms with van der Waals surface area (Å²) in [6.07, 6.45) is 1.59. The third-order valence-electron chi connectivity index (χ3n) is 3.85. The van der Waals surface area contributed by atoms with Gasteiger partial charge in [0.1, 0.15) is 6.29 Å². The largest absolute Gasteiger partial charge is 0.348 e. The van der Waals surface area contributed by atoms with Crippen molar-refractivity contribution in [2.24, 2.45) is 7.05 Å². The van der Waals surface area contributed by atoms with Gasteiger partial charge in [-0.2, -0.15) is 0 Å². The van der Waals surface area contributed by atoms with Crippen molar-refractivity contribution in [2.75, 3.05) is 0 Å². The van der Waals surface area contributed by atoms with Gasteiger partial charge in [0.15, 0.2) is 0 Å². The van der Waals surface area contributed by atoms with E-state index in [0.717, 1.165) is 6.29 Å². The molecule has 0 saturated heterocycles. The number of carbonyl (C=O) groups excluding carboxylic acids is 1. The Bertz CT molecular complexity index is 566. The second kappa shape index (κ2) is 4.36. The van der Waals surface area contributed by atoms with Crippen LogP contribution in [0.1, 0.15) is 36.1 Å². The van der Waals surface area contributed by atoms with E-state index in [4.69, 9.17) is 0 Å². The summed E-state index contributed by atoms with van der Waals surface area (Å²) in [6, 6.07) is 6.52. The van der Waals surface area contributed by atoms with E-state index in [9.17, 15) is 4.79 Å². The molecular formula is C15H19NO. The van der Waals surface area contributed by atoms with Gasteiger partial charge in [0, 0.05) is 30.1 Å². The second-order valence-corrected chi connectivity index (χ2v) is 4.85. The van der Waals surface area contributed by atoms with Gasteiger partial charge in [0.25, 0.3) is 0 Å². The van der Waals surface area contributed by atoms with Gasteiger partial charge in [-0.05, 0) is 43.0 Å². The molecule has 90 valence electrons. The first-order valence-corrected chi connectivity index (χ1v) is 6.05. The lowest BCUT2D eigenvalue weighted by Gasteiger charge is -2.08. The maximum Gasteiger partial charge on any atom is 0.120 e. The van der Waals surface area contributed by atoms with Gasteiger partial charge >= 0.3 is 0 Å². The number of hydrogen-bond acceptors (Lipinski definition) is 1. The molecule has 0 N–H and O–H groups in total. The predicted octanol–water partition coefficient (Wildman–Crippen LogP) is 3.49. The third-order valence-corrected chi connectivity index (χ3v) is 3.85. The molecular weight excluding hydrogens is 210 g/mol. The van der Waals surface area contributed by atoms with Crippen molar-refractivity contribution in [3.05, 3.63) is 35.0 Å². The maximum atomic E-state index is 10.6. The Morgan fingerprint density at radius 1 is 1.35 bits per heavy atom. The molecule has 1 aromatic carbocycles. The van der Waals surface area contributed by atoms with Crippen LogP contribution in [0.2, 0.25) is 0 Å². The Morgan fingerprint density at radius 3 is 2.71 bits per heavy atom. The van der Waals surface area contributed by atoms with Crippen LogP contribution in [0.3, 0.4) is 0 Å². The van der Waals surface area contributed by atoms with Crippen molar-refractivity contribution < 1.29 is 4.79 Å². The van der Waals surface area contributed by atoms with E-state index in [0.29, 0.717) is 12.3 Å². The highest BCUT2D eigenvalue weighted by Crippen LogP contribution is 2.28. The summed E-state index contributed by atoms with van der Waals surface area (Å²) in [5.41, 5.74) is 5.16. The number of fused-ring (bicyclic) bond motifs is 1. The fraction of sp³-hybridized carbons (Fsp3) is 0.400. The van der Waals surface area contributed by atoms with Crippen LogP contribution >= 0.6 is 0 Å². The molecule has 0 aliphatic heterocycles. The molecule has 0 aliphatic rings. The van der Waals surface area contributed by atoms with E-state index >= 15 is 0 Å². The summed E-state index contributed by atoms with van der Waals surface area (Å²) in [5.74, 6) is 0.303. The average molecular weight is 229 g/mol. The number of carbonyl (C=O) groups is 1. The zero-order valence-corrected chi connectivity index (χ0v) is 10.9. The van der Waals surface area contributed by atoms with Crippen LogP contribution in [0.4, 0.5) is 0 Å². The molecule has 0 radical (unpaired) electrons. The number of hydrogen-bond donors (Lipinski definition) is 0. The Labute approximate surface area is 102 Å². The minimum absolute atomic E-state index is 0.303. The average Bonchev–Trinajstić information content (AvgIpc) is 2.55. The molecule has 0 aliphatic carbocycles. The topological polar surface area (TPSA) is 22.0 Å². The van der Waals surface area contributed by atoms with Gasteiger partial charge in [0.05, 0.1) is 0 Å². The Hall–Kier alpha value is -1.57. The van der Waals surface area contributed by atoms with E-state index < -0.39 is 0 Å². The van der Waals surface area contributed by atoms with Gasteiger partial charge in [-0.15, -0.1) is 0 Å². The van der Waals surface area contributed by atoms with Gasteiger partial charge in [-0.3, -0.25) is 0 Å². The Kier molecular flexibility index (Phi) is 3.05. The number of aryl methyl sites for hydroxylation is 2. The molecule has 0 saturated carbocycles. The first-order chi connectivity index (χ1) is 8.06. The summed E-state index contributed by atoms with van der Waals surface area (Å²) in [6.45, 7) is 6.40. The first kappa shape index (κ1) is 11.9. The van der Waals surface area contributed by atoms with Crippen LogP contribution in [0.5, 0.6) is 0 Å². The van der Waals surface area contributed by atoms with E-state index in [1.165, 1.54) is 27.7 Å². The minimum Gasteiger partial charge on any atom is -0.348 e. The third kappa shape index (κ3) is 1.88. The van der Waals surface area contributed by atoms with Crippen LogP contribution in [0, 0.1) is 13.8 Å². The summed E-state index contributed by atoms with van der Waals surface area (Å²) in [5, 5.41) is 1.31. The molecule has 1 aromatic heterocycles. The molecule has 1 unspecified atom stereocenters. The van der Waals surface area contributed by atoms with Gasteiger partial charge < -0.3 is 9.36 Å². The molecule has 0 amide bonds. The van der Waals surface area contributed by atoms with Crippen molar-refractivity contribution in [1.29, 1.82) is 0 Å². The molecule has 0 bridgehead atoms. The SMILES string of the molecule is Cc1c(C)n(C)c2ccc(C(C)CC=O)cc12. The lowest BCUT2D eigenvalue weighted by molar-refractivity contribution is -0.108. The monoisotopic (exact) mass is 229 g/mol. The van der Waals surface area contributed by atoms with Crippen LogP contribution in [-0.2, 0) is 11.8 Å². The first-order valence-electron chi connectivity index (χ1n) is 6.05. The smallest absolute Gasteiger partial charge is 0.120 e. The summed E-state index contributed by atoms with van der Waals surface area (Å²) in [4.78, 5) is 10.6. The van der Waals surface area contributed by atoms with Gasteiger partial charge in [-0.25, -0.2) is 0 Å². The van der Waals surface area contributed by atoms with E-state index in [1.54, 1.807) is 0 Å². The van der Waals surface area contributed by atoms with E-state index in [1.807, 2.05) is 0 Å². The van der Waals surface area contributed by atoms with Crippen LogP contribution < -0.4 is 0 Å². The molecule has 0 fully saturated rings. The van der Waals surface area contributed by atoms with E-state index in [-0.39, 0.29) is 0 Å².